The largest absolute Gasteiger partial charge is 0.381 e. The Kier molecular flexibility index (Phi) is 7.03. The summed E-state index contributed by atoms with van der Waals surface area (Å²) in [6.45, 7) is 6.09. The molecule has 1 heterocycles. The Hall–Kier alpha value is -2.68. The summed E-state index contributed by atoms with van der Waals surface area (Å²) >= 11 is 0. The number of benzene rings is 2. The molecule has 1 amide bonds. The smallest absolute Gasteiger partial charge is 0.252 e. The molecule has 0 atom stereocenters. The highest BCUT2D eigenvalue weighted by Crippen LogP contribution is 2.21. The van der Waals surface area contributed by atoms with E-state index in [9.17, 15) is 9.18 Å². The summed E-state index contributed by atoms with van der Waals surface area (Å²) < 4.78 is 19.3. The predicted molar refractivity (Wildman–Crippen MR) is 112 cm³/mol. The van der Waals surface area contributed by atoms with E-state index in [4.69, 9.17) is 4.74 Å². The number of carbonyl (C=O) groups excluding carboxylic acids is 1. The van der Waals surface area contributed by atoms with Gasteiger partial charge in [0.25, 0.3) is 5.91 Å². The summed E-state index contributed by atoms with van der Waals surface area (Å²) in [4.78, 5) is 12.9. The van der Waals surface area contributed by atoms with E-state index in [1.807, 2.05) is 6.07 Å². The molecule has 1 saturated heterocycles. The van der Waals surface area contributed by atoms with Crippen LogP contribution >= 0.6 is 0 Å². The second kappa shape index (κ2) is 9.69. The molecule has 0 aliphatic carbocycles. The number of carbonyl (C=O) groups is 1. The van der Waals surface area contributed by atoms with Crippen LogP contribution in [0.5, 0.6) is 0 Å². The topological polar surface area (TPSA) is 50.4 Å². The first-order valence-electron chi connectivity index (χ1n) is 9.98. The van der Waals surface area contributed by atoms with Crippen molar-refractivity contribution in [2.45, 2.75) is 38.3 Å². The minimum Gasteiger partial charge on any atom is -0.381 e. The Morgan fingerprint density at radius 2 is 1.69 bits per heavy atom. The van der Waals surface area contributed by atoms with Crippen molar-refractivity contribution >= 4 is 5.91 Å². The highest BCUT2D eigenvalue weighted by atomic mass is 19.1. The molecular weight excluding hydrogens is 367 g/mol. The fourth-order valence-corrected chi connectivity index (χ4v) is 3.58. The quantitative estimate of drug-likeness (QED) is 0.763. The lowest BCUT2D eigenvalue weighted by Gasteiger charge is -2.40. The molecule has 0 bridgehead atoms. The summed E-state index contributed by atoms with van der Waals surface area (Å²) in [7, 11) is 0. The zero-order valence-electron chi connectivity index (χ0n) is 16.9. The van der Waals surface area contributed by atoms with E-state index in [0.717, 1.165) is 12.8 Å². The van der Waals surface area contributed by atoms with E-state index >= 15 is 0 Å². The molecule has 1 aliphatic heterocycles. The van der Waals surface area contributed by atoms with Crippen LogP contribution in [0.2, 0.25) is 0 Å². The molecule has 0 aromatic heterocycles. The van der Waals surface area contributed by atoms with E-state index in [1.165, 1.54) is 6.07 Å². The monoisotopic (exact) mass is 394 g/mol. The second-order valence-electron chi connectivity index (χ2n) is 7.65. The molecule has 29 heavy (non-hydrogen) atoms. The average molecular weight is 394 g/mol. The van der Waals surface area contributed by atoms with Crippen molar-refractivity contribution in [3.8, 4) is 11.8 Å². The van der Waals surface area contributed by atoms with Gasteiger partial charge in [0.2, 0.25) is 0 Å². The number of hydrogen-bond acceptors (Lipinski definition) is 3. The minimum absolute atomic E-state index is 0.171. The first-order valence-corrected chi connectivity index (χ1v) is 9.98. The summed E-state index contributed by atoms with van der Waals surface area (Å²) in [6, 6.07) is 13.8. The lowest BCUT2D eigenvalue weighted by molar-refractivity contribution is 0.0342. The third-order valence-electron chi connectivity index (χ3n) is 5.01. The van der Waals surface area contributed by atoms with Gasteiger partial charge in [-0.05, 0) is 37.1 Å². The third kappa shape index (κ3) is 5.66. The van der Waals surface area contributed by atoms with E-state index in [1.54, 1.807) is 36.4 Å². The standard InChI is InChI=1S/C24H27FN2O2/c1-18(2)27-24(13-15-29-16-14-24)17-26-23(28)21-9-5-3-7-19(21)11-12-20-8-4-6-10-22(20)25/h3-10,18,27H,13-17H2,1-2H3,(H,26,28). The van der Waals surface area contributed by atoms with E-state index < -0.39 is 0 Å². The van der Waals surface area contributed by atoms with Gasteiger partial charge in [-0.15, -0.1) is 0 Å². The lowest BCUT2D eigenvalue weighted by atomic mass is 9.89. The van der Waals surface area contributed by atoms with E-state index in [0.29, 0.717) is 42.5 Å². The Labute approximate surface area is 171 Å². The van der Waals surface area contributed by atoms with Crippen molar-refractivity contribution in [1.82, 2.24) is 10.6 Å². The molecule has 4 nitrogen and oxygen atoms in total. The van der Waals surface area contributed by atoms with Crippen LogP contribution < -0.4 is 10.6 Å². The minimum atomic E-state index is -0.372. The molecule has 1 aliphatic rings. The number of hydrogen-bond donors (Lipinski definition) is 2. The van der Waals surface area contributed by atoms with Gasteiger partial charge in [0.1, 0.15) is 5.82 Å². The number of halogens is 1. The molecule has 2 N–H and O–H groups in total. The van der Waals surface area contributed by atoms with Gasteiger partial charge < -0.3 is 15.4 Å². The first kappa shape index (κ1) is 21.0. The van der Waals surface area contributed by atoms with Crippen molar-refractivity contribution in [1.29, 1.82) is 0 Å². The molecule has 0 radical (unpaired) electrons. The van der Waals surface area contributed by atoms with Crippen molar-refractivity contribution in [3.05, 3.63) is 71.0 Å². The van der Waals surface area contributed by atoms with Gasteiger partial charge in [-0.2, -0.15) is 0 Å². The molecule has 5 heteroatoms. The molecule has 3 rings (SSSR count). The van der Waals surface area contributed by atoms with Gasteiger partial charge in [0.05, 0.1) is 11.1 Å². The van der Waals surface area contributed by atoms with Gasteiger partial charge in [-0.1, -0.05) is 50.0 Å². The summed E-state index contributed by atoms with van der Waals surface area (Å²) in [5.74, 6) is 5.22. The number of ether oxygens (including phenoxy) is 1. The maximum absolute atomic E-state index is 13.8. The Morgan fingerprint density at radius 1 is 1.07 bits per heavy atom. The van der Waals surface area contributed by atoms with Crippen LogP contribution in [0, 0.1) is 17.7 Å². The van der Waals surface area contributed by atoms with Crippen LogP contribution in [0.4, 0.5) is 4.39 Å². The number of nitrogens with one attached hydrogen (secondary N) is 2. The fourth-order valence-electron chi connectivity index (χ4n) is 3.58. The van der Waals surface area contributed by atoms with E-state index in [-0.39, 0.29) is 17.3 Å². The molecule has 152 valence electrons. The van der Waals surface area contributed by atoms with Crippen molar-refractivity contribution in [3.63, 3.8) is 0 Å². The first-order chi connectivity index (χ1) is 14.0. The highest BCUT2D eigenvalue weighted by molar-refractivity contribution is 5.96. The van der Waals surface area contributed by atoms with Crippen molar-refractivity contribution in [2.24, 2.45) is 0 Å². The number of rotatable bonds is 5. The normalized spacial score (nSPS) is 15.4. The fraction of sp³-hybridized carbons (Fsp3) is 0.375. The van der Waals surface area contributed by atoms with Gasteiger partial charge in [0.15, 0.2) is 0 Å². The second-order valence-corrected chi connectivity index (χ2v) is 7.65. The highest BCUT2D eigenvalue weighted by Gasteiger charge is 2.33. The zero-order valence-corrected chi connectivity index (χ0v) is 16.9. The van der Waals surface area contributed by atoms with Gasteiger partial charge in [-0.3, -0.25) is 4.79 Å². The van der Waals surface area contributed by atoms with Crippen LogP contribution in [0.3, 0.4) is 0 Å². The molecule has 2 aromatic rings. The van der Waals surface area contributed by atoms with Crippen LogP contribution in [0.1, 0.15) is 48.2 Å². The molecule has 2 aromatic carbocycles. The Morgan fingerprint density at radius 3 is 2.38 bits per heavy atom. The van der Waals surface area contributed by atoms with Crippen LogP contribution in [0.25, 0.3) is 0 Å². The van der Waals surface area contributed by atoms with Gasteiger partial charge in [-0.25, -0.2) is 4.39 Å². The Bertz CT molecular complexity index is 908. The lowest BCUT2D eigenvalue weighted by Crippen LogP contribution is -2.58. The summed E-state index contributed by atoms with van der Waals surface area (Å²) in [5.41, 5.74) is 1.20. The maximum Gasteiger partial charge on any atom is 0.252 e. The average Bonchev–Trinajstić information content (AvgIpc) is 2.72. The SMILES string of the molecule is CC(C)NC1(CNC(=O)c2ccccc2C#Cc2ccccc2F)CCOCC1. The predicted octanol–water partition coefficient (Wildman–Crippen LogP) is 3.50. The zero-order chi connectivity index (χ0) is 20.7. The Balaban J connectivity index is 1.76. The number of amides is 1. The summed E-state index contributed by atoms with van der Waals surface area (Å²) in [6.07, 6.45) is 1.69. The van der Waals surface area contributed by atoms with Crippen LogP contribution in [-0.2, 0) is 4.74 Å². The molecule has 0 saturated carbocycles. The van der Waals surface area contributed by atoms with Gasteiger partial charge in [0, 0.05) is 36.9 Å². The molecule has 1 fully saturated rings. The van der Waals surface area contributed by atoms with E-state index in [2.05, 4.69) is 36.3 Å². The van der Waals surface area contributed by atoms with Crippen LogP contribution in [0.15, 0.2) is 48.5 Å². The molecule has 0 spiro atoms. The van der Waals surface area contributed by atoms with Crippen molar-refractivity contribution in [2.75, 3.05) is 19.8 Å². The van der Waals surface area contributed by atoms with Crippen molar-refractivity contribution < 1.29 is 13.9 Å². The summed E-state index contributed by atoms with van der Waals surface area (Å²) in [5, 5.41) is 6.67. The van der Waals surface area contributed by atoms with Gasteiger partial charge >= 0.3 is 0 Å². The third-order valence-corrected chi connectivity index (χ3v) is 5.01. The molecule has 0 unspecified atom stereocenters. The van der Waals surface area contributed by atoms with Crippen LogP contribution in [-0.4, -0.2) is 37.2 Å². The maximum atomic E-state index is 13.8. The molecular formula is C24H27FN2O2.